The van der Waals surface area contributed by atoms with Gasteiger partial charge in [0.1, 0.15) is 0 Å². The van der Waals surface area contributed by atoms with Crippen LogP contribution in [0.2, 0.25) is 0 Å². The van der Waals surface area contributed by atoms with Crippen molar-refractivity contribution in [1.82, 2.24) is 4.90 Å². The van der Waals surface area contributed by atoms with E-state index < -0.39 is 0 Å². The second kappa shape index (κ2) is 7.30. The molecule has 0 saturated heterocycles. The first kappa shape index (κ1) is 16.2. The number of fused-ring (bicyclic) bond motifs is 1. The van der Waals surface area contributed by atoms with Crippen LogP contribution in [0, 0.1) is 0 Å². The SMILES string of the molecule is CC(=O)N(CCC(=O)N1CCc2ccccc2C1)c1ccccc1. The Morgan fingerprint density at radius 1 is 1.00 bits per heavy atom. The topological polar surface area (TPSA) is 40.6 Å². The maximum atomic E-state index is 12.6. The Hall–Kier alpha value is -2.62. The van der Waals surface area contributed by atoms with Crippen LogP contribution in [0.25, 0.3) is 0 Å². The smallest absolute Gasteiger partial charge is 0.224 e. The molecule has 0 aromatic heterocycles. The highest BCUT2D eigenvalue weighted by molar-refractivity contribution is 5.92. The van der Waals surface area contributed by atoms with Gasteiger partial charge >= 0.3 is 0 Å². The number of para-hydroxylation sites is 1. The molecule has 2 amide bonds. The fourth-order valence-electron chi connectivity index (χ4n) is 3.15. The molecule has 0 radical (unpaired) electrons. The van der Waals surface area contributed by atoms with E-state index in [2.05, 4.69) is 12.1 Å². The summed E-state index contributed by atoms with van der Waals surface area (Å²) < 4.78 is 0. The molecule has 3 rings (SSSR count). The standard InChI is InChI=1S/C20H22N2O2/c1-16(23)22(19-9-3-2-4-10-19)14-12-20(24)21-13-11-17-7-5-6-8-18(17)15-21/h2-10H,11-15H2,1H3. The molecule has 0 fully saturated rings. The minimum absolute atomic E-state index is 0.0435. The molecule has 4 heteroatoms. The lowest BCUT2D eigenvalue weighted by atomic mass is 10.00. The van der Waals surface area contributed by atoms with Crippen molar-refractivity contribution in [2.24, 2.45) is 0 Å². The van der Waals surface area contributed by atoms with Crippen molar-refractivity contribution in [3.63, 3.8) is 0 Å². The third-order valence-electron chi connectivity index (χ3n) is 4.48. The van der Waals surface area contributed by atoms with Gasteiger partial charge in [-0.15, -0.1) is 0 Å². The molecule has 1 aliphatic rings. The fourth-order valence-corrected chi connectivity index (χ4v) is 3.15. The van der Waals surface area contributed by atoms with E-state index in [9.17, 15) is 9.59 Å². The summed E-state index contributed by atoms with van der Waals surface area (Å²) >= 11 is 0. The molecule has 0 unspecified atom stereocenters. The van der Waals surface area contributed by atoms with Gasteiger partial charge in [0, 0.05) is 38.7 Å². The molecule has 0 bridgehead atoms. The Kier molecular flexibility index (Phi) is 4.94. The van der Waals surface area contributed by atoms with Crippen molar-refractivity contribution in [2.75, 3.05) is 18.0 Å². The van der Waals surface area contributed by atoms with Crippen LogP contribution in [0.1, 0.15) is 24.5 Å². The molecule has 4 nitrogen and oxygen atoms in total. The first-order valence-corrected chi connectivity index (χ1v) is 8.33. The number of hydrogen-bond acceptors (Lipinski definition) is 2. The molecule has 24 heavy (non-hydrogen) atoms. The van der Waals surface area contributed by atoms with Gasteiger partial charge in [-0.1, -0.05) is 42.5 Å². The Balaban J connectivity index is 1.62. The first-order chi connectivity index (χ1) is 11.6. The number of anilines is 1. The average Bonchev–Trinajstić information content (AvgIpc) is 2.62. The predicted octanol–water partition coefficient (Wildman–Crippen LogP) is 3.01. The molecule has 124 valence electrons. The van der Waals surface area contributed by atoms with Crippen LogP contribution in [0.15, 0.2) is 54.6 Å². The van der Waals surface area contributed by atoms with Crippen molar-refractivity contribution in [3.05, 3.63) is 65.7 Å². The summed E-state index contributed by atoms with van der Waals surface area (Å²) in [5.74, 6) is 0.0599. The first-order valence-electron chi connectivity index (χ1n) is 8.33. The predicted molar refractivity (Wildman–Crippen MR) is 94.6 cm³/mol. The van der Waals surface area contributed by atoms with Gasteiger partial charge in [-0.2, -0.15) is 0 Å². The summed E-state index contributed by atoms with van der Waals surface area (Å²) in [6.45, 7) is 3.37. The second-order valence-electron chi connectivity index (χ2n) is 6.09. The quantitative estimate of drug-likeness (QED) is 0.868. The minimum Gasteiger partial charge on any atom is -0.338 e. The van der Waals surface area contributed by atoms with Crippen LogP contribution in [0.3, 0.4) is 0 Å². The van der Waals surface area contributed by atoms with Crippen molar-refractivity contribution in [1.29, 1.82) is 0 Å². The minimum atomic E-state index is -0.0435. The Bertz CT molecular complexity index is 727. The van der Waals surface area contributed by atoms with E-state index in [0.717, 1.165) is 18.7 Å². The molecule has 0 spiro atoms. The lowest BCUT2D eigenvalue weighted by Crippen LogP contribution is -2.39. The monoisotopic (exact) mass is 322 g/mol. The summed E-state index contributed by atoms with van der Waals surface area (Å²) in [7, 11) is 0. The summed E-state index contributed by atoms with van der Waals surface area (Å²) in [6, 6.07) is 17.8. The van der Waals surface area contributed by atoms with Crippen molar-refractivity contribution < 1.29 is 9.59 Å². The Labute approximate surface area is 142 Å². The van der Waals surface area contributed by atoms with Gasteiger partial charge < -0.3 is 9.80 Å². The van der Waals surface area contributed by atoms with Gasteiger partial charge in [0.15, 0.2) is 0 Å². The molecule has 1 heterocycles. The molecule has 0 N–H and O–H groups in total. The second-order valence-corrected chi connectivity index (χ2v) is 6.09. The number of carbonyl (C=O) groups is 2. The highest BCUT2D eigenvalue weighted by Crippen LogP contribution is 2.20. The summed E-state index contributed by atoms with van der Waals surface area (Å²) in [5.41, 5.74) is 3.39. The molecule has 2 aromatic carbocycles. The van der Waals surface area contributed by atoms with Gasteiger partial charge in [-0.3, -0.25) is 9.59 Å². The van der Waals surface area contributed by atoms with Crippen LogP contribution >= 0.6 is 0 Å². The normalized spacial score (nSPS) is 13.3. The molecule has 2 aromatic rings. The van der Waals surface area contributed by atoms with Crippen LogP contribution < -0.4 is 4.90 Å². The van der Waals surface area contributed by atoms with E-state index in [1.54, 1.807) is 4.90 Å². The van der Waals surface area contributed by atoms with E-state index in [-0.39, 0.29) is 11.8 Å². The van der Waals surface area contributed by atoms with Crippen molar-refractivity contribution >= 4 is 17.5 Å². The largest absolute Gasteiger partial charge is 0.338 e. The lowest BCUT2D eigenvalue weighted by molar-refractivity contribution is -0.131. The van der Waals surface area contributed by atoms with Crippen molar-refractivity contribution in [2.45, 2.75) is 26.3 Å². The summed E-state index contributed by atoms with van der Waals surface area (Å²) in [6.07, 6.45) is 1.24. The van der Waals surface area contributed by atoms with E-state index in [1.807, 2.05) is 47.4 Å². The van der Waals surface area contributed by atoms with Gasteiger partial charge in [0.2, 0.25) is 11.8 Å². The van der Waals surface area contributed by atoms with Crippen LogP contribution in [0.4, 0.5) is 5.69 Å². The number of benzene rings is 2. The molecule has 0 saturated carbocycles. The maximum Gasteiger partial charge on any atom is 0.224 e. The third kappa shape index (κ3) is 3.65. The number of carbonyl (C=O) groups excluding carboxylic acids is 2. The molecule has 1 aliphatic heterocycles. The van der Waals surface area contributed by atoms with E-state index >= 15 is 0 Å². The zero-order chi connectivity index (χ0) is 16.9. The Morgan fingerprint density at radius 2 is 1.67 bits per heavy atom. The van der Waals surface area contributed by atoms with Gasteiger partial charge in [0.25, 0.3) is 0 Å². The van der Waals surface area contributed by atoms with Gasteiger partial charge in [-0.05, 0) is 29.7 Å². The zero-order valence-corrected chi connectivity index (χ0v) is 13.9. The zero-order valence-electron chi connectivity index (χ0n) is 13.9. The van der Waals surface area contributed by atoms with E-state index in [4.69, 9.17) is 0 Å². The number of rotatable bonds is 4. The summed E-state index contributed by atoms with van der Waals surface area (Å²) in [4.78, 5) is 28.0. The third-order valence-corrected chi connectivity index (χ3v) is 4.48. The average molecular weight is 322 g/mol. The Morgan fingerprint density at radius 3 is 2.38 bits per heavy atom. The van der Waals surface area contributed by atoms with Crippen molar-refractivity contribution in [3.8, 4) is 0 Å². The number of hydrogen-bond donors (Lipinski definition) is 0. The molecule has 0 aliphatic carbocycles. The van der Waals surface area contributed by atoms with E-state index in [0.29, 0.717) is 19.5 Å². The maximum absolute atomic E-state index is 12.6. The molecular weight excluding hydrogens is 300 g/mol. The summed E-state index contributed by atoms with van der Waals surface area (Å²) in [5, 5.41) is 0. The molecular formula is C20H22N2O2. The van der Waals surface area contributed by atoms with Gasteiger partial charge in [-0.25, -0.2) is 0 Å². The van der Waals surface area contributed by atoms with Crippen LogP contribution in [-0.4, -0.2) is 29.8 Å². The van der Waals surface area contributed by atoms with Crippen LogP contribution in [-0.2, 0) is 22.6 Å². The molecule has 0 atom stereocenters. The van der Waals surface area contributed by atoms with Gasteiger partial charge in [0.05, 0.1) is 0 Å². The fraction of sp³-hybridized carbons (Fsp3) is 0.300. The highest BCUT2D eigenvalue weighted by atomic mass is 16.2. The number of nitrogens with zero attached hydrogens (tertiary/aromatic N) is 2. The highest BCUT2D eigenvalue weighted by Gasteiger charge is 2.21. The van der Waals surface area contributed by atoms with E-state index in [1.165, 1.54) is 18.1 Å². The number of amides is 2. The van der Waals surface area contributed by atoms with Crippen LogP contribution in [0.5, 0.6) is 0 Å². The lowest BCUT2D eigenvalue weighted by Gasteiger charge is -2.30.